The number of esters is 1. The van der Waals surface area contributed by atoms with E-state index in [0.29, 0.717) is 6.42 Å². The van der Waals surface area contributed by atoms with Crippen LogP contribution in [0.1, 0.15) is 18.9 Å². The van der Waals surface area contributed by atoms with Gasteiger partial charge in [0, 0.05) is 6.42 Å². The second-order valence-corrected chi connectivity index (χ2v) is 8.00. The minimum absolute atomic E-state index is 0.158. The molecular weight excluding hydrogens is 319 g/mol. The molecule has 0 heterocycles. The lowest BCUT2D eigenvalue weighted by Crippen LogP contribution is -2.45. The summed E-state index contributed by atoms with van der Waals surface area (Å²) in [7, 11) is -2.61. The largest absolute Gasteiger partial charge is 0.467 e. The maximum absolute atomic E-state index is 12.0. The van der Waals surface area contributed by atoms with Crippen LogP contribution in [-0.2, 0) is 25.3 Å². The van der Waals surface area contributed by atoms with Crippen LogP contribution in [-0.4, -0.2) is 41.9 Å². The number of rotatable bonds is 8. The zero-order chi connectivity index (χ0) is 17.5. The minimum atomic E-state index is -3.76. The number of nitrogens with two attached hydrogens (primary N) is 1. The molecule has 0 spiro atoms. The predicted molar refractivity (Wildman–Crippen MR) is 87.1 cm³/mol. The van der Waals surface area contributed by atoms with Gasteiger partial charge in [0.15, 0.2) is 0 Å². The molecule has 128 valence electrons. The average molecular weight is 342 g/mol. The number of aryl methyl sites for hydroxylation is 1. The lowest BCUT2D eigenvalue weighted by atomic mass is 10.1. The normalized spacial score (nSPS) is 16.0. The SMILES string of the molecule is COC(=O)C(CP(=O)(O)C(C)N)NC(=O)CCc1ccccc1. The Morgan fingerprint density at radius 2 is 1.96 bits per heavy atom. The van der Waals surface area contributed by atoms with Gasteiger partial charge >= 0.3 is 5.97 Å². The van der Waals surface area contributed by atoms with Crippen molar-refractivity contribution < 1.29 is 23.8 Å². The van der Waals surface area contributed by atoms with Gasteiger partial charge in [-0.05, 0) is 18.9 Å². The summed E-state index contributed by atoms with van der Waals surface area (Å²) in [5.41, 5.74) is 6.43. The van der Waals surface area contributed by atoms with Gasteiger partial charge in [-0.2, -0.15) is 0 Å². The number of amides is 1. The molecule has 1 amide bonds. The van der Waals surface area contributed by atoms with Gasteiger partial charge in [-0.15, -0.1) is 0 Å². The van der Waals surface area contributed by atoms with Crippen LogP contribution < -0.4 is 11.1 Å². The van der Waals surface area contributed by atoms with Gasteiger partial charge in [-0.1, -0.05) is 30.3 Å². The number of hydrogen-bond donors (Lipinski definition) is 3. The van der Waals surface area contributed by atoms with Crippen molar-refractivity contribution in [2.75, 3.05) is 13.3 Å². The molecule has 23 heavy (non-hydrogen) atoms. The van der Waals surface area contributed by atoms with Gasteiger partial charge in [0.25, 0.3) is 0 Å². The molecule has 0 aliphatic rings. The topological polar surface area (TPSA) is 119 Å². The molecule has 3 atom stereocenters. The first-order valence-corrected chi connectivity index (χ1v) is 9.16. The van der Waals surface area contributed by atoms with Crippen LogP contribution in [0.2, 0.25) is 0 Å². The summed E-state index contributed by atoms with van der Waals surface area (Å²) >= 11 is 0. The molecule has 4 N–H and O–H groups in total. The number of carbonyl (C=O) groups is 2. The molecule has 3 unspecified atom stereocenters. The number of benzene rings is 1. The summed E-state index contributed by atoms with van der Waals surface area (Å²) < 4.78 is 16.6. The molecule has 0 aromatic heterocycles. The summed E-state index contributed by atoms with van der Waals surface area (Å²) in [5.74, 6) is -2.15. The molecule has 1 aromatic rings. The Morgan fingerprint density at radius 3 is 2.48 bits per heavy atom. The quantitative estimate of drug-likeness (QED) is 0.476. The third kappa shape index (κ3) is 6.52. The molecule has 0 aliphatic heterocycles. The van der Waals surface area contributed by atoms with Crippen LogP contribution in [0.3, 0.4) is 0 Å². The van der Waals surface area contributed by atoms with Crippen molar-refractivity contribution in [2.24, 2.45) is 5.73 Å². The lowest BCUT2D eigenvalue weighted by Gasteiger charge is -2.21. The van der Waals surface area contributed by atoms with Gasteiger partial charge in [-0.3, -0.25) is 9.36 Å². The summed E-state index contributed by atoms with van der Waals surface area (Å²) in [4.78, 5) is 33.5. The van der Waals surface area contributed by atoms with E-state index in [0.717, 1.165) is 12.7 Å². The fourth-order valence-electron chi connectivity index (χ4n) is 1.92. The van der Waals surface area contributed by atoms with E-state index in [2.05, 4.69) is 10.1 Å². The molecule has 1 rings (SSSR count). The van der Waals surface area contributed by atoms with E-state index in [-0.39, 0.29) is 6.42 Å². The number of methoxy groups -OCH3 is 1. The van der Waals surface area contributed by atoms with Gasteiger partial charge < -0.3 is 20.7 Å². The third-order valence-electron chi connectivity index (χ3n) is 3.39. The van der Waals surface area contributed by atoms with Crippen molar-refractivity contribution in [3.05, 3.63) is 35.9 Å². The predicted octanol–water partition coefficient (Wildman–Crippen LogP) is 0.852. The van der Waals surface area contributed by atoms with E-state index in [4.69, 9.17) is 5.73 Å². The molecule has 0 radical (unpaired) electrons. The second-order valence-electron chi connectivity index (χ2n) is 5.31. The van der Waals surface area contributed by atoms with E-state index in [1.807, 2.05) is 30.3 Å². The number of hydrogen-bond acceptors (Lipinski definition) is 5. The molecule has 0 aliphatic carbocycles. The first kappa shape index (κ1) is 19.4. The van der Waals surface area contributed by atoms with Crippen LogP contribution in [0.5, 0.6) is 0 Å². The van der Waals surface area contributed by atoms with Crippen LogP contribution in [0.25, 0.3) is 0 Å². The van der Waals surface area contributed by atoms with Crippen molar-refractivity contribution in [3.63, 3.8) is 0 Å². The molecule has 0 bridgehead atoms. The van der Waals surface area contributed by atoms with Gasteiger partial charge in [0.2, 0.25) is 13.3 Å². The Kier molecular flexibility index (Phi) is 7.42. The van der Waals surface area contributed by atoms with E-state index in [1.54, 1.807) is 0 Å². The monoisotopic (exact) mass is 342 g/mol. The summed E-state index contributed by atoms with van der Waals surface area (Å²) in [6, 6.07) is 8.21. The van der Waals surface area contributed by atoms with E-state index < -0.39 is 37.2 Å². The van der Waals surface area contributed by atoms with Crippen LogP contribution >= 0.6 is 7.37 Å². The van der Waals surface area contributed by atoms with E-state index >= 15 is 0 Å². The minimum Gasteiger partial charge on any atom is -0.467 e. The van der Waals surface area contributed by atoms with E-state index in [9.17, 15) is 19.0 Å². The smallest absolute Gasteiger partial charge is 0.328 e. The van der Waals surface area contributed by atoms with Gasteiger partial charge in [0.1, 0.15) is 6.04 Å². The van der Waals surface area contributed by atoms with Crippen LogP contribution in [0.4, 0.5) is 0 Å². The van der Waals surface area contributed by atoms with Gasteiger partial charge in [-0.25, -0.2) is 4.79 Å². The molecule has 0 fully saturated rings. The summed E-state index contributed by atoms with van der Waals surface area (Å²) in [6.45, 7) is 1.38. The fraction of sp³-hybridized carbons (Fsp3) is 0.467. The second kappa shape index (κ2) is 8.82. The lowest BCUT2D eigenvalue weighted by molar-refractivity contribution is -0.144. The maximum atomic E-state index is 12.0. The zero-order valence-electron chi connectivity index (χ0n) is 13.3. The molecule has 8 heteroatoms. The molecular formula is C15H23N2O5P. The van der Waals surface area contributed by atoms with E-state index in [1.165, 1.54) is 6.92 Å². The number of ether oxygens (including phenoxy) is 1. The van der Waals surface area contributed by atoms with Crippen molar-refractivity contribution in [2.45, 2.75) is 31.6 Å². The summed E-state index contributed by atoms with van der Waals surface area (Å²) in [6.07, 6.45) is 0.213. The van der Waals surface area contributed by atoms with Crippen LogP contribution in [0.15, 0.2) is 30.3 Å². The number of carbonyl (C=O) groups excluding carboxylic acids is 2. The van der Waals surface area contributed by atoms with Crippen molar-refractivity contribution in [3.8, 4) is 0 Å². The van der Waals surface area contributed by atoms with Crippen molar-refractivity contribution in [1.29, 1.82) is 0 Å². The average Bonchev–Trinajstić information content (AvgIpc) is 2.52. The Labute approximate surface area is 135 Å². The number of nitrogens with one attached hydrogen (secondary N) is 1. The highest BCUT2D eigenvalue weighted by molar-refractivity contribution is 7.58. The zero-order valence-corrected chi connectivity index (χ0v) is 14.2. The van der Waals surface area contributed by atoms with Crippen LogP contribution in [0, 0.1) is 0 Å². The van der Waals surface area contributed by atoms with Crippen molar-refractivity contribution in [1.82, 2.24) is 5.32 Å². The highest BCUT2D eigenvalue weighted by Gasteiger charge is 2.33. The molecule has 0 saturated heterocycles. The summed E-state index contributed by atoms with van der Waals surface area (Å²) in [5, 5.41) is 2.45. The standard InChI is InChI=1S/C15H23N2O5P/c1-11(16)23(20,21)10-13(15(19)22-2)17-14(18)9-8-12-6-4-3-5-7-12/h3-7,11,13H,8-10,16H2,1-2H3,(H,17,18)(H,20,21). The maximum Gasteiger partial charge on any atom is 0.328 e. The molecule has 0 saturated carbocycles. The molecule has 7 nitrogen and oxygen atoms in total. The highest BCUT2D eigenvalue weighted by atomic mass is 31.2. The first-order chi connectivity index (χ1) is 10.8. The Bertz CT molecular complexity index is 576. The molecule has 1 aromatic carbocycles. The first-order valence-electron chi connectivity index (χ1n) is 7.24. The Balaban J connectivity index is 2.64. The fourth-order valence-corrected chi connectivity index (χ4v) is 3.01. The van der Waals surface area contributed by atoms with Crippen molar-refractivity contribution >= 4 is 19.2 Å². The third-order valence-corrected chi connectivity index (χ3v) is 5.55. The Morgan fingerprint density at radius 1 is 1.35 bits per heavy atom. The van der Waals surface area contributed by atoms with Gasteiger partial charge in [0.05, 0.1) is 19.1 Å². The highest BCUT2D eigenvalue weighted by Crippen LogP contribution is 2.44. The Hall–Kier alpha value is -1.69.